The van der Waals surface area contributed by atoms with E-state index in [2.05, 4.69) is 59.4 Å². The van der Waals surface area contributed by atoms with Crippen molar-refractivity contribution in [2.75, 3.05) is 13.2 Å². The van der Waals surface area contributed by atoms with Gasteiger partial charge in [0.15, 0.2) is 5.75 Å². The summed E-state index contributed by atoms with van der Waals surface area (Å²) >= 11 is 2.14. The van der Waals surface area contributed by atoms with Crippen LogP contribution in [-0.4, -0.2) is 38.2 Å². The van der Waals surface area contributed by atoms with Crippen molar-refractivity contribution in [3.05, 3.63) is 92.3 Å². The van der Waals surface area contributed by atoms with Crippen LogP contribution in [0.5, 0.6) is 11.5 Å². The third-order valence-electron chi connectivity index (χ3n) is 6.02. The van der Waals surface area contributed by atoms with Gasteiger partial charge < -0.3 is 24.3 Å². The van der Waals surface area contributed by atoms with E-state index >= 15 is 0 Å². The van der Waals surface area contributed by atoms with Crippen molar-refractivity contribution in [2.24, 2.45) is 0 Å². The van der Waals surface area contributed by atoms with E-state index < -0.39 is 25.7 Å². The van der Waals surface area contributed by atoms with Gasteiger partial charge in [0.05, 0.1) is 30.2 Å². The van der Waals surface area contributed by atoms with Crippen molar-refractivity contribution in [1.82, 2.24) is 5.32 Å². The van der Waals surface area contributed by atoms with E-state index in [9.17, 15) is 18.4 Å². The highest BCUT2D eigenvalue weighted by Crippen LogP contribution is 2.34. The van der Waals surface area contributed by atoms with Gasteiger partial charge in [0.2, 0.25) is 5.91 Å². The van der Waals surface area contributed by atoms with Crippen LogP contribution in [0.3, 0.4) is 0 Å². The maximum Gasteiger partial charge on any atom is 0.342 e. The molecule has 0 fully saturated rings. The van der Waals surface area contributed by atoms with E-state index in [-0.39, 0.29) is 43.2 Å². The summed E-state index contributed by atoms with van der Waals surface area (Å²) in [5.41, 5.74) is 2.09. The molecule has 0 saturated carbocycles. The Hall–Kier alpha value is -3.73. The second-order valence-electron chi connectivity index (χ2n) is 11.0. The van der Waals surface area contributed by atoms with Gasteiger partial charge in [0.1, 0.15) is 41.4 Å². The lowest BCUT2D eigenvalue weighted by molar-refractivity contribution is -0.120. The summed E-state index contributed by atoms with van der Waals surface area (Å²) in [6.07, 6.45) is 1.38. The van der Waals surface area contributed by atoms with Gasteiger partial charge in [-0.2, -0.15) is 0 Å². The zero-order chi connectivity index (χ0) is 31.1. The number of hydrogen-bond donors (Lipinski definition) is 2. The van der Waals surface area contributed by atoms with E-state index in [0.717, 1.165) is 33.4 Å². The molecule has 0 bridgehead atoms. The van der Waals surface area contributed by atoms with E-state index in [1.165, 1.54) is 6.26 Å². The maximum atomic E-state index is 13.5. The Labute approximate surface area is 262 Å². The lowest BCUT2D eigenvalue weighted by atomic mass is 10.1. The summed E-state index contributed by atoms with van der Waals surface area (Å²) < 4.78 is 44.9. The first kappa shape index (κ1) is 32.2. The number of aliphatic hydroxyl groups excluding tert-OH is 1. The SMILES string of the molecule is C[Si](C)(C)CC#Cc1cc(CC(=O)NCCO)cc(I)c1Oc1ccc2occ(C(=O)OCc3cc(F)cc(F)c3)c2c1. The molecule has 0 spiro atoms. The van der Waals surface area contributed by atoms with Crippen LogP contribution in [0.25, 0.3) is 11.0 Å². The summed E-state index contributed by atoms with van der Waals surface area (Å²) in [6, 6.07) is 12.4. The number of hydrogen-bond acceptors (Lipinski definition) is 6. The minimum atomic E-state index is -1.44. The number of benzene rings is 3. The summed E-state index contributed by atoms with van der Waals surface area (Å²) in [5.74, 6) is 4.94. The third kappa shape index (κ3) is 9.13. The first-order valence-corrected chi connectivity index (χ1v) is 18.2. The van der Waals surface area contributed by atoms with Crippen molar-refractivity contribution < 1.29 is 37.4 Å². The predicted octanol–water partition coefficient (Wildman–Crippen LogP) is 6.81. The Morgan fingerprint density at radius 1 is 1.05 bits per heavy atom. The number of nitrogens with one attached hydrogen (secondary N) is 1. The highest BCUT2D eigenvalue weighted by molar-refractivity contribution is 14.1. The highest BCUT2D eigenvalue weighted by Gasteiger charge is 2.19. The summed E-state index contributed by atoms with van der Waals surface area (Å²) in [7, 11) is -1.44. The topological polar surface area (TPSA) is 98.0 Å². The molecule has 43 heavy (non-hydrogen) atoms. The second-order valence-corrected chi connectivity index (χ2v) is 17.6. The average Bonchev–Trinajstić information content (AvgIpc) is 3.34. The lowest BCUT2D eigenvalue weighted by Gasteiger charge is -2.13. The quantitative estimate of drug-likeness (QED) is 0.0811. The molecule has 0 atom stereocenters. The normalized spacial score (nSPS) is 11.1. The predicted molar refractivity (Wildman–Crippen MR) is 170 cm³/mol. The standard InChI is InChI=1S/C32H30F2INO6Si/c1-43(2,3)10-4-5-22-11-20(15-30(38)36-8-9-37)14-28(35)31(22)42-25-6-7-29-26(17-25)27(19-40-29)32(39)41-18-21-12-23(33)16-24(34)13-21/h6-7,11-14,16-17,19,37H,8-10,15,18H2,1-3H3,(H,36,38). The van der Waals surface area contributed by atoms with Gasteiger partial charge in [0.25, 0.3) is 0 Å². The minimum absolute atomic E-state index is 0.119. The fraction of sp³-hybridized carbons (Fsp3) is 0.250. The second kappa shape index (κ2) is 14.2. The van der Waals surface area contributed by atoms with E-state index in [0.29, 0.717) is 28.0 Å². The van der Waals surface area contributed by atoms with Gasteiger partial charge in [-0.25, -0.2) is 13.6 Å². The molecule has 0 aliphatic heterocycles. The van der Waals surface area contributed by atoms with Crippen LogP contribution in [0.1, 0.15) is 27.0 Å². The molecule has 0 unspecified atom stereocenters. The van der Waals surface area contributed by atoms with Crippen molar-refractivity contribution >= 4 is 53.5 Å². The minimum Gasteiger partial charge on any atom is -0.463 e. The Morgan fingerprint density at radius 3 is 2.49 bits per heavy atom. The number of esters is 1. The molecular formula is C32H30F2INO6Si. The first-order valence-electron chi connectivity index (χ1n) is 13.4. The van der Waals surface area contributed by atoms with Crippen LogP contribution in [0.2, 0.25) is 25.7 Å². The van der Waals surface area contributed by atoms with Gasteiger partial charge in [-0.05, 0) is 76.2 Å². The molecule has 1 aromatic heterocycles. The van der Waals surface area contributed by atoms with Crippen LogP contribution >= 0.6 is 22.6 Å². The van der Waals surface area contributed by atoms with Gasteiger partial charge in [-0.3, -0.25) is 4.79 Å². The van der Waals surface area contributed by atoms with Crippen LogP contribution in [-0.2, 0) is 22.6 Å². The van der Waals surface area contributed by atoms with Gasteiger partial charge in [0, 0.05) is 24.0 Å². The Kier molecular flexibility index (Phi) is 10.6. The molecule has 4 rings (SSSR count). The Balaban J connectivity index is 1.61. The third-order valence-corrected chi connectivity index (χ3v) is 8.06. The maximum absolute atomic E-state index is 13.5. The lowest BCUT2D eigenvalue weighted by Crippen LogP contribution is -2.27. The summed E-state index contributed by atoms with van der Waals surface area (Å²) in [5, 5.41) is 12.1. The largest absolute Gasteiger partial charge is 0.463 e. The van der Waals surface area contributed by atoms with Crippen molar-refractivity contribution in [3.8, 4) is 23.3 Å². The molecule has 0 saturated heterocycles. The molecule has 7 nitrogen and oxygen atoms in total. The van der Waals surface area contributed by atoms with Gasteiger partial charge in [-0.1, -0.05) is 25.6 Å². The monoisotopic (exact) mass is 717 g/mol. The molecule has 0 radical (unpaired) electrons. The fourth-order valence-corrected chi connectivity index (χ4v) is 5.48. The molecule has 2 N–H and O–H groups in total. The van der Waals surface area contributed by atoms with Crippen molar-refractivity contribution in [2.45, 2.75) is 38.7 Å². The zero-order valence-electron chi connectivity index (χ0n) is 23.9. The van der Waals surface area contributed by atoms with E-state index in [1.54, 1.807) is 18.2 Å². The number of halogens is 3. The number of aliphatic hydroxyl groups is 1. The number of amides is 1. The van der Waals surface area contributed by atoms with Crippen LogP contribution in [0.4, 0.5) is 8.78 Å². The number of rotatable bonds is 10. The molecular weight excluding hydrogens is 687 g/mol. The number of fused-ring (bicyclic) bond motifs is 1. The average molecular weight is 718 g/mol. The van der Waals surface area contributed by atoms with Crippen LogP contribution < -0.4 is 10.1 Å². The first-order chi connectivity index (χ1) is 20.4. The zero-order valence-corrected chi connectivity index (χ0v) is 27.0. The summed E-state index contributed by atoms with van der Waals surface area (Å²) in [6.45, 7) is 6.39. The number of carbonyl (C=O) groups excluding carboxylic acids is 2. The molecule has 0 aliphatic rings. The highest BCUT2D eigenvalue weighted by atomic mass is 127. The Morgan fingerprint density at radius 2 is 1.79 bits per heavy atom. The van der Waals surface area contributed by atoms with Crippen LogP contribution in [0, 0.1) is 27.0 Å². The molecule has 0 aliphatic carbocycles. The van der Waals surface area contributed by atoms with Gasteiger partial charge >= 0.3 is 5.97 Å². The molecule has 11 heteroatoms. The molecule has 3 aromatic carbocycles. The van der Waals surface area contributed by atoms with E-state index in [4.69, 9.17) is 19.0 Å². The number of ether oxygens (including phenoxy) is 2. The summed E-state index contributed by atoms with van der Waals surface area (Å²) in [4.78, 5) is 25.2. The molecule has 4 aromatic rings. The van der Waals surface area contributed by atoms with Crippen molar-refractivity contribution in [1.29, 1.82) is 0 Å². The van der Waals surface area contributed by atoms with E-state index in [1.807, 2.05) is 12.1 Å². The smallest absolute Gasteiger partial charge is 0.342 e. The van der Waals surface area contributed by atoms with Gasteiger partial charge in [-0.15, -0.1) is 5.92 Å². The molecule has 1 heterocycles. The Bertz CT molecular complexity index is 1700. The number of carbonyl (C=O) groups is 2. The molecule has 1 amide bonds. The van der Waals surface area contributed by atoms with Crippen molar-refractivity contribution in [3.63, 3.8) is 0 Å². The van der Waals surface area contributed by atoms with Crippen LogP contribution in [0.15, 0.2) is 59.2 Å². The number of furan rings is 1. The molecule has 224 valence electrons. The fourth-order valence-electron chi connectivity index (χ4n) is 4.06.